The second-order valence-corrected chi connectivity index (χ2v) is 9.50. The van der Waals surface area contributed by atoms with Crippen LogP contribution in [0.15, 0.2) is 0 Å². The summed E-state index contributed by atoms with van der Waals surface area (Å²) in [6.45, 7) is 4.37. The summed E-state index contributed by atoms with van der Waals surface area (Å²) in [5.41, 5.74) is 0. The van der Waals surface area contributed by atoms with Gasteiger partial charge in [0.2, 0.25) is 10.0 Å². The van der Waals surface area contributed by atoms with E-state index in [4.69, 9.17) is 4.74 Å². The molecule has 0 atom stereocenters. The van der Waals surface area contributed by atoms with E-state index in [9.17, 15) is 16.8 Å². The molecule has 2 aliphatic heterocycles. The summed E-state index contributed by atoms with van der Waals surface area (Å²) in [4.78, 5) is 0. The number of sulfonamides is 1. The lowest BCUT2D eigenvalue weighted by molar-refractivity contribution is 0.0694. The van der Waals surface area contributed by atoms with E-state index < -0.39 is 20.2 Å². The van der Waals surface area contributed by atoms with E-state index in [2.05, 4.69) is 0 Å². The molecule has 0 unspecified atom stereocenters. The molecule has 0 spiro atoms. The Morgan fingerprint density at radius 2 is 1.32 bits per heavy atom. The average Bonchev–Trinajstić information content (AvgIpc) is 2.54. The molecule has 0 aromatic heterocycles. The zero-order chi connectivity index (χ0) is 16.2. The van der Waals surface area contributed by atoms with Gasteiger partial charge in [0.1, 0.15) is 0 Å². The predicted octanol–water partition coefficient (Wildman–Crippen LogP) is -0.689. The smallest absolute Gasteiger partial charge is 0.282 e. The first kappa shape index (κ1) is 18.1. The SMILES string of the molecule is CCCCS(=O)(=O)N1CCN(S(=O)(=O)N2CCOCC2)CC1. The van der Waals surface area contributed by atoms with Gasteiger partial charge in [-0.15, -0.1) is 0 Å². The van der Waals surface area contributed by atoms with Crippen LogP contribution >= 0.6 is 0 Å². The van der Waals surface area contributed by atoms with Gasteiger partial charge in [0.25, 0.3) is 10.2 Å². The van der Waals surface area contributed by atoms with Crippen molar-refractivity contribution in [1.82, 2.24) is 12.9 Å². The summed E-state index contributed by atoms with van der Waals surface area (Å²) in [7, 11) is -6.77. The van der Waals surface area contributed by atoms with Gasteiger partial charge in [0.05, 0.1) is 19.0 Å². The lowest BCUT2D eigenvalue weighted by Crippen LogP contribution is -2.55. The highest BCUT2D eigenvalue weighted by molar-refractivity contribution is 7.89. The summed E-state index contributed by atoms with van der Waals surface area (Å²) in [6, 6.07) is 0. The van der Waals surface area contributed by atoms with E-state index >= 15 is 0 Å². The molecule has 130 valence electrons. The fourth-order valence-electron chi connectivity index (χ4n) is 2.58. The third-order valence-electron chi connectivity index (χ3n) is 3.97. The predicted molar refractivity (Wildman–Crippen MR) is 83.2 cm³/mol. The zero-order valence-electron chi connectivity index (χ0n) is 13.0. The van der Waals surface area contributed by atoms with E-state index in [-0.39, 0.29) is 31.9 Å². The maximum Gasteiger partial charge on any atom is 0.282 e. The Kier molecular flexibility index (Phi) is 6.20. The normalized spacial score (nSPS) is 23.7. The summed E-state index contributed by atoms with van der Waals surface area (Å²) >= 11 is 0. The van der Waals surface area contributed by atoms with E-state index in [1.807, 2.05) is 6.92 Å². The van der Waals surface area contributed by atoms with Crippen LogP contribution in [-0.2, 0) is 25.0 Å². The molecular weight excluding hydrogens is 330 g/mol. The number of rotatable bonds is 6. The summed E-state index contributed by atoms with van der Waals surface area (Å²) < 4.78 is 58.6. The van der Waals surface area contributed by atoms with Crippen LogP contribution in [0.25, 0.3) is 0 Å². The zero-order valence-corrected chi connectivity index (χ0v) is 14.6. The Labute approximate surface area is 133 Å². The Morgan fingerprint density at radius 1 is 0.818 bits per heavy atom. The van der Waals surface area contributed by atoms with Crippen molar-refractivity contribution in [2.45, 2.75) is 19.8 Å². The molecule has 0 radical (unpaired) electrons. The molecule has 8 nitrogen and oxygen atoms in total. The van der Waals surface area contributed by atoms with Gasteiger partial charge in [-0.3, -0.25) is 0 Å². The topological polar surface area (TPSA) is 87.2 Å². The van der Waals surface area contributed by atoms with Gasteiger partial charge in [-0.2, -0.15) is 21.3 Å². The molecule has 0 amide bonds. The minimum absolute atomic E-state index is 0.139. The van der Waals surface area contributed by atoms with Gasteiger partial charge in [0.15, 0.2) is 0 Å². The van der Waals surface area contributed by atoms with Crippen LogP contribution in [0.5, 0.6) is 0 Å². The molecule has 0 bridgehead atoms. The molecule has 22 heavy (non-hydrogen) atoms. The van der Waals surface area contributed by atoms with Crippen LogP contribution in [0.1, 0.15) is 19.8 Å². The Balaban J connectivity index is 1.94. The first-order valence-corrected chi connectivity index (χ1v) is 10.7. The fourth-order valence-corrected chi connectivity index (χ4v) is 5.77. The molecule has 10 heteroatoms. The first-order valence-electron chi connectivity index (χ1n) is 7.68. The van der Waals surface area contributed by atoms with E-state index in [1.165, 1.54) is 12.9 Å². The van der Waals surface area contributed by atoms with E-state index in [0.717, 1.165) is 6.42 Å². The van der Waals surface area contributed by atoms with Crippen molar-refractivity contribution in [3.05, 3.63) is 0 Å². The Hall–Kier alpha value is -0.260. The number of hydrogen-bond acceptors (Lipinski definition) is 5. The molecule has 2 heterocycles. The molecule has 0 N–H and O–H groups in total. The van der Waals surface area contributed by atoms with Crippen LogP contribution < -0.4 is 0 Å². The van der Waals surface area contributed by atoms with Gasteiger partial charge >= 0.3 is 0 Å². The Morgan fingerprint density at radius 3 is 1.86 bits per heavy atom. The third kappa shape index (κ3) is 4.18. The number of hydrogen-bond donors (Lipinski definition) is 0. The van der Waals surface area contributed by atoms with Gasteiger partial charge in [-0.05, 0) is 6.42 Å². The van der Waals surface area contributed by atoms with Crippen molar-refractivity contribution < 1.29 is 21.6 Å². The molecule has 2 fully saturated rings. The van der Waals surface area contributed by atoms with E-state index in [1.54, 1.807) is 0 Å². The number of unbranched alkanes of at least 4 members (excludes halogenated alkanes) is 1. The minimum atomic E-state index is -3.51. The lowest BCUT2D eigenvalue weighted by Gasteiger charge is -2.37. The van der Waals surface area contributed by atoms with Gasteiger partial charge < -0.3 is 4.74 Å². The van der Waals surface area contributed by atoms with Gasteiger partial charge in [-0.25, -0.2) is 8.42 Å². The molecular formula is C12H25N3O5S2. The Bertz CT molecular complexity index is 549. The molecule has 0 aliphatic carbocycles. The number of ether oxygens (including phenoxy) is 1. The van der Waals surface area contributed by atoms with Gasteiger partial charge in [-0.1, -0.05) is 13.3 Å². The fraction of sp³-hybridized carbons (Fsp3) is 1.00. The van der Waals surface area contributed by atoms with Crippen molar-refractivity contribution in [1.29, 1.82) is 0 Å². The third-order valence-corrected chi connectivity index (χ3v) is 7.96. The highest BCUT2D eigenvalue weighted by atomic mass is 32.2. The molecule has 2 saturated heterocycles. The van der Waals surface area contributed by atoms with Crippen molar-refractivity contribution in [2.75, 3.05) is 58.2 Å². The molecule has 2 rings (SSSR count). The lowest BCUT2D eigenvalue weighted by atomic mass is 10.4. The highest BCUT2D eigenvalue weighted by Gasteiger charge is 2.35. The van der Waals surface area contributed by atoms with Gasteiger partial charge in [0, 0.05) is 39.3 Å². The highest BCUT2D eigenvalue weighted by Crippen LogP contribution is 2.16. The largest absolute Gasteiger partial charge is 0.379 e. The standard InChI is InChI=1S/C12H25N3O5S2/c1-2-3-12-21(16,17)13-4-6-14(7-5-13)22(18,19)15-8-10-20-11-9-15/h2-12H2,1H3. The maximum atomic E-state index is 12.5. The summed E-state index contributed by atoms with van der Waals surface area (Å²) in [5, 5.41) is 0. The maximum absolute atomic E-state index is 12.5. The molecule has 0 aromatic carbocycles. The second-order valence-electron chi connectivity index (χ2n) is 5.49. The van der Waals surface area contributed by atoms with Crippen LogP contribution in [0.3, 0.4) is 0 Å². The first-order chi connectivity index (χ1) is 10.4. The minimum Gasteiger partial charge on any atom is -0.379 e. The van der Waals surface area contributed by atoms with Crippen molar-refractivity contribution in [2.24, 2.45) is 0 Å². The molecule has 2 aliphatic rings. The van der Waals surface area contributed by atoms with E-state index in [0.29, 0.717) is 32.7 Å². The van der Waals surface area contributed by atoms with Crippen molar-refractivity contribution >= 4 is 20.2 Å². The number of morpholine rings is 1. The monoisotopic (exact) mass is 355 g/mol. The van der Waals surface area contributed by atoms with Crippen LogP contribution in [-0.4, -0.2) is 88.0 Å². The van der Waals surface area contributed by atoms with Crippen LogP contribution in [0.2, 0.25) is 0 Å². The average molecular weight is 355 g/mol. The van der Waals surface area contributed by atoms with Crippen molar-refractivity contribution in [3.63, 3.8) is 0 Å². The number of piperazine rings is 1. The quantitative estimate of drug-likeness (QED) is 0.629. The number of nitrogens with zero attached hydrogens (tertiary/aromatic N) is 3. The molecule has 0 saturated carbocycles. The summed E-state index contributed by atoms with van der Waals surface area (Å²) in [6.07, 6.45) is 1.46. The van der Waals surface area contributed by atoms with Crippen molar-refractivity contribution in [3.8, 4) is 0 Å². The second kappa shape index (κ2) is 7.54. The van der Waals surface area contributed by atoms with Crippen LogP contribution in [0.4, 0.5) is 0 Å². The summed E-state index contributed by atoms with van der Waals surface area (Å²) in [5.74, 6) is 0.139. The molecule has 0 aromatic rings. The van der Waals surface area contributed by atoms with Crippen LogP contribution in [0, 0.1) is 0 Å².